The van der Waals surface area contributed by atoms with Gasteiger partial charge in [-0.1, -0.05) is 6.92 Å². The summed E-state index contributed by atoms with van der Waals surface area (Å²) in [6, 6.07) is 0.516. The third-order valence-electron chi connectivity index (χ3n) is 5.29. The van der Waals surface area contributed by atoms with Crippen molar-refractivity contribution in [2.24, 2.45) is 5.41 Å². The van der Waals surface area contributed by atoms with Crippen LogP contribution in [0.1, 0.15) is 32.6 Å². The zero-order valence-corrected chi connectivity index (χ0v) is 13.3. The van der Waals surface area contributed by atoms with Crippen LogP contribution in [0.2, 0.25) is 0 Å². The van der Waals surface area contributed by atoms with Crippen LogP contribution >= 0.6 is 0 Å². The molecule has 1 atom stereocenters. The molecule has 0 bridgehead atoms. The number of nitrogens with zero attached hydrogens (tertiary/aromatic N) is 3. The van der Waals surface area contributed by atoms with E-state index in [1.807, 2.05) is 30.8 Å². The SMILES string of the molecule is CCC1(C(=O)O)CCN(C(=O)N2CCC(N(C)C)C2)CC1. The van der Waals surface area contributed by atoms with Crippen LogP contribution in [0.4, 0.5) is 4.79 Å². The maximum Gasteiger partial charge on any atom is 0.320 e. The zero-order chi connectivity index (χ0) is 15.6. The molecule has 0 aromatic rings. The molecule has 21 heavy (non-hydrogen) atoms. The van der Waals surface area contributed by atoms with Crippen LogP contribution in [-0.2, 0) is 4.79 Å². The van der Waals surface area contributed by atoms with Crippen LogP contribution in [0.15, 0.2) is 0 Å². The van der Waals surface area contributed by atoms with Gasteiger partial charge in [0, 0.05) is 32.2 Å². The normalized spacial score (nSPS) is 25.4. The molecule has 2 fully saturated rings. The van der Waals surface area contributed by atoms with Crippen molar-refractivity contribution < 1.29 is 14.7 Å². The highest BCUT2D eigenvalue weighted by Crippen LogP contribution is 2.35. The third-order valence-corrected chi connectivity index (χ3v) is 5.29. The number of likely N-dealkylation sites (tertiary alicyclic amines) is 2. The topological polar surface area (TPSA) is 64.1 Å². The Morgan fingerprint density at radius 2 is 1.81 bits per heavy atom. The molecule has 2 rings (SSSR count). The van der Waals surface area contributed by atoms with Gasteiger partial charge in [-0.15, -0.1) is 0 Å². The number of likely N-dealkylation sites (N-methyl/N-ethyl adjacent to an activating group) is 1. The lowest BCUT2D eigenvalue weighted by molar-refractivity contribution is -0.152. The van der Waals surface area contributed by atoms with Gasteiger partial charge in [0.1, 0.15) is 0 Å². The predicted molar refractivity (Wildman–Crippen MR) is 80.2 cm³/mol. The monoisotopic (exact) mass is 297 g/mol. The number of hydrogen-bond acceptors (Lipinski definition) is 3. The van der Waals surface area contributed by atoms with Crippen LogP contribution in [0, 0.1) is 5.41 Å². The van der Waals surface area contributed by atoms with Gasteiger partial charge >= 0.3 is 12.0 Å². The summed E-state index contributed by atoms with van der Waals surface area (Å²) in [5.74, 6) is -0.717. The van der Waals surface area contributed by atoms with Crippen LogP contribution in [0.3, 0.4) is 0 Å². The Morgan fingerprint density at radius 1 is 1.19 bits per heavy atom. The predicted octanol–water partition coefficient (Wildman–Crippen LogP) is 1.32. The first kappa shape index (κ1) is 16.1. The van der Waals surface area contributed by atoms with E-state index in [2.05, 4.69) is 4.90 Å². The van der Waals surface area contributed by atoms with Crippen molar-refractivity contribution in [3.05, 3.63) is 0 Å². The summed E-state index contributed by atoms with van der Waals surface area (Å²) >= 11 is 0. The van der Waals surface area contributed by atoms with Gasteiger partial charge in [0.2, 0.25) is 0 Å². The van der Waals surface area contributed by atoms with Gasteiger partial charge in [-0.05, 0) is 39.8 Å². The van der Waals surface area contributed by atoms with Crippen molar-refractivity contribution in [1.29, 1.82) is 0 Å². The van der Waals surface area contributed by atoms with E-state index < -0.39 is 11.4 Å². The number of amides is 2. The summed E-state index contributed by atoms with van der Waals surface area (Å²) in [5.41, 5.74) is -0.631. The van der Waals surface area contributed by atoms with Gasteiger partial charge in [-0.25, -0.2) is 4.79 Å². The van der Waals surface area contributed by atoms with Gasteiger partial charge in [0.25, 0.3) is 0 Å². The fourth-order valence-electron chi connectivity index (χ4n) is 3.38. The molecule has 2 aliphatic heterocycles. The Balaban J connectivity index is 1.91. The minimum absolute atomic E-state index is 0.0782. The average Bonchev–Trinajstić information content (AvgIpc) is 2.96. The lowest BCUT2D eigenvalue weighted by atomic mass is 9.76. The fraction of sp³-hybridized carbons (Fsp3) is 0.867. The fourth-order valence-corrected chi connectivity index (χ4v) is 3.38. The van der Waals surface area contributed by atoms with Crippen molar-refractivity contribution in [2.45, 2.75) is 38.6 Å². The summed E-state index contributed by atoms with van der Waals surface area (Å²) in [6.07, 6.45) is 2.78. The number of carboxylic acids is 1. The van der Waals surface area contributed by atoms with E-state index in [-0.39, 0.29) is 6.03 Å². The molecule has 0 aliphatic carbocycles. The van der Waals surface area contributed by atoms with Gasteiger partial charge in [-0.2, -0.15) is 0 Å². The number of carbonyl (C=O) groups excluding carboxylic acids is 1. The molecule has 1 unspecified atom stereocenters. The van der Waals surface area contributed by atoms with Gasteiger partial charge in [-0.3, -0.25) is 4.79 Å². The van der Waals surface area contributed by atoms with Crippen LogP contribution in [0.5, 0.6) is 0 Å². The van der Waals surface area contributed by atoms with Crippen molar-refractivity contribution in [3.63, 3.8) is 0 Å². The van der Waals surface area contributed by atoms with Crippen molar-refractivity contribution in [3.8, 4) is 0 Å². The lowest BCUT2D eigenvalue weighted by Crippen LogP contribution is -2.50. The van der Waals surface area contributed by atoms with Crippen molar-refractivity contribution >= 4 is 12.0 Å². The van der Waals surface area contributed by atoms with Gasteiger partial charge in [0.15, 0.2) is 0 Å². The highest BCUT2D eigenvalue weighted by Gasteiger charge is 2.42. The molecule has 6 heteroatoms. The molecule has 120 valence electrons. The van der Waals surface area contributed by atoms with Crippen molar-refractivity contribution in [2.75, 3.05) is 40.3 Å². The smallest absolute Gasteiger partial charge is 0.320 e. The summed E-state index contributed by atoms with van der Waals surface area (Å²) in [5, 5.41) is 9.40. The molecule has 0 aromatic heterocycles. The first-order valence-electron chi connectivity index (χ1n) is 7.83. The van der Waals surface area contributed by atoms with E-state index in [4.69, 9.17) is 0 Å². The second-order valence-corrected chi connectivity index (χ2v) is 6.56. The average molecular weight is 297 g/mol. The van der Waals surface area contributed by atoms with E-state index >= 15 is 0 Å². The molecule has 1 N–H and O–H groups in total. The molecule has 0 saturated carbocycles. The maximum atomic E-state index is 12.5. The number of piperidine rings is 1. The number of carboxylic acid groups (broad SMARTS) is 1. The number of hydrogen-bond donors (Lipinski definition) is 1. The number of carbonyl (C=O) groups is 2. The minimum Gasteiger partial charge on any atom is -0.481 e. The third kappa shape index (κ3) is 3.15. The highest BCUT2D eigenvalue weighted by molar-refractivity contribution is 5.77. The molecule has 2 saturated heterocycles. The Labute approximate surface area is 126 Å². The molecular weight excluding hydrogens is 270 g/mol. The van der Waals surface area contributed by atoms with E-state index in [1.165, 1.54) is 0 Å². The maximum absolute atomic E-state index is 12.5. The van der Waals surface area contributed by atoms with Gasteiger partial charge < -0.3 is 19.8 Å². The Morgan fingerprint density at radius 3 is 2.24 bits per heavy atom. The van der Waals surface area contributed by atoms with Crippen LogP contribution in [0.25, 0.3) is 0 Å². The summed E-state index contributed by atoms with van der Waals surface area (Å²) in [6.45, 7) is 4.62. The molecular formula is C15H27N3O3. The minimum atomic E-state index is -0.717. The number of urea groups is 1. The molecule has 2 amide bonds. The quantitative estimate of drug-likeness (QED) is 0.853. The second kappa shape index (κ2) is 6.22. The molecule has 0 radical (unpaired) electrons. The summed E-state index contributed by atoms with van der Waals surface area (Å²) in [7, 11) is 4.09. The van der Waals surface area contributed by atoms with E-state index in [9.17, 15) is 14.7 Å². The van der Waals surface area contributed by atoms with Crippen LogP contribution < -0.4 is 0 Å². The molecule has 0 aromatic carbocycles. The lowest BCUT2D eigenvalue weighted by Gasteiger charge is -2.39. The van der Waals surface area contributed by atoms with Crippen LogP contribution in [-0.4, -0.2) is 78.1 Å². The number of aliphatic carboxylic acids is 1. The molecule has 2 aliphatic rings. The Kier molecular flexibility index (Phi) is 4.76. The van der Waals surface area contributed by atoms with E-state index in [0.717, 1.165) is 19.5 Å². The Bertz CT molecular complexity index is 403. The second-order valence-electron chi connectivity index (χ2n) is 6.56. The van der Waals surface area contributed by atoms with E-state index in [0.29, 0.717) is 38.4 Å². The van der Waals surface area contributed by atoms with Crippen molar-refractivity contribution in [1.82, 2.24) is 14.7 Å². The largest absolute Gasteiger partial charge is 0.481 e. The molecule has 2 heterocycles. The first-order chi connectivity index (χ1) is 9.89. The Hall–Kier alpha value is -1.30. The molecule has 0 spiro atoms. The number of rotatable bonds is 3. The van der Waals surface area contributed by atoms with E-state index in [1.54, 1.807) is 0 Å². The zero-order valence-electron chi connectivity index (χ0n) is 13.3. The standard InChI is InChI=1S/C15H27N3O3/c1-4-15(13(19)20)6-9-17(10-7-15)14(21)18-8-5-12(11-18)16(2)3/h12H,4-11H2,1-3H3,(H,19,20). The molecule has 6 nitrogen and oxygen atoms in total. The van der Waals surface area contributed by atoms with Gasteiger partial charge in [0.05, 0.1) is 5.41 Å². The first-order valence-corrected chi connectivity index (χ1v) is 7.83. The summed E-state index contributed by atoms with van der Waals surface area (Å²) in [4.78, 5) is 29.9. The summed E-state index contributed by atoms with van der Waals surface area (Å²) < 4.78 is 0. The highest BCUT2D eigenvalue weighted by atomic mass is 16.4.